The highest BCUT2D eigenvalue weighted by Gasteiger charge is 2.10. The lowest BCUT2D eigenvalue weighted by molar-refractivity contribution is 0.291. The minimum atomic E-state index is -0.613. The van der Waals surface area contributed by atoms with Gasteiger partial charge in [-0.05, 0) is 37.1 Å². The molecule has 2 aromatic carbocycles. The van der Waals surface area contributed by atoms with Gasteiger partial charge >= 0.3 is 0 Å². The maximum atomic E-state index is 13.5. The van der Waals surface area contributed by atoms with Crippen molar-refractivity contribution in [2.45, 2.75) is 20.5 Å². The number of aryl methyl sites for hydroxylation is 2. The Morgan fingerprint density at radius 3 is 2.32 bits per heavy atom. The average molecular weight is 263 g/mol. The summed E-state index contributed by atoms with van der Waals surface area (Å²) in [5, 5.41) is 0. The van der Waals surface area contributed by atoms with Gasteiger partial charge in [0.05, 0.1) is 5.56 Å². The maximum Gasteiger partial charge on any atom is 0.132 e. The molecule has 0 saturated heterocycles. The van der Waals surface area contributed by atoms with Crippen LogP contribution in [-0.2, 0) is 6.61 Å². The number of anilines is 1. The molecule has 0 fully saturated rings. The first kappa shape index (κ1) is 13.3. The summed E-state index contributed by atoms with van der Waals surface area (Å²) < 4.78 is 32.4. The third kappa shape index (κ3) is 2.84. The van der Waals surface area contributed by atoms with Gasteiger partial charge in [0.15, 0.2) is 0 Å². The standard InChI is InChI=1S/C15H15F2NO/c1-9-6-10(2)15(7-14(9)18)19-8-11-12(16)4-3-5-13(11)17/h3-7H,8,18H2,1-2H3. The van der Waals surface area contributed by atoms with Gasteiger partial charge in [-0.3, -0.25) is 0 Å². The Labute approximate surface area is 110 Å². The van der Waals surface area contributed by atoms with Crippen LogP contribution in [0.4, 0.5) is 14.5 Å². The summed E-state index contributed by atoms with van der Waals surface area (Å²) in [6.07, 6.45) is 0. The van der Waals surface area contributed by atoms with Crippen molar-refractivity contribution in [3.05, 3.63) is 58.7 Å². The van der Waals surface area contributed by atoms with Gasteiger partial charge in [-0.2, -0.15) is 0 Å². The van der Waals surface area contributed by atoms with Crippen molar-refractivity contribution in [3.63, 3.8) is 0 Å². The zero-order valence-electron chi connectivity index (χ0n) is 10.8. The summed E-state index contributed by atoms with van der Waals surface area (Å²) in [6, 6.07) is 7.28. The Kier molecular flexibility index (Phi) is 3.69. The maximum absolute atomic E-state index is 13.5. The second-order valence-corrected chi connectivity index (χ2v) is 4.46. The third-order valence-corrected chi connectivity index (χ3v) is 3.00. The molecule has 0 spiro atoms. The smallest absolute Gasteiger partial charge is 0.132 e. The lowest BCUT2D eigenvalue weighted by Crippen LogP contribution is -2.03. The molecule has 0 amide bonds. The summed E-state index contributed by atoms with van der Waals surface area (Å²) in [5.74, 6) is -0.693. The van der Waals surface area contributed by atoms with Gasteiger partial charge in [0.2, 0.25) is 0 Å². The van der Waals surface area contributed by atoms with Gasteiger partial charge in [-0.1, -0.05) is 12.1 Å². The molecule has 0 unspecified atom stereocenters. The minimum absolute atomic E-state index is 0.0824. The Hall–Kier alpha value is -2.10. The van der Waals surface area contributed by atoms with E-state index < -0.39 is 11.6 Å². The number of ether oxygens (including phenoxy) is 1. The third-order valence-electron chi connectivity index (χ3n) is 3.00. The van der Waals surface area contributed by atoms with Crippen LogP contribution in [0.5, 0.6) is 5.75 Å². The van der Waals surface area contributed by atoms with Crippen LogP contribution < -0.4 is 10.5 Å². The van der Waals surface area contributed by atoms with E-state index in [1.165, 1.54) is 18.2 Å². The summed E-state index contributed by atoms with van der Waals surface area (Å²) in [4.78, 5) is 0. The highest BCUT2D eigenvalue weighted by molar-refractivity contribution is 5.54. The normalized spacial score (nSPS) is 10.5. The van der Waals surface area contributed by atoms with Crippen molar-refractivity contribution in [2.24, 2.45) is 0 Å². The van der Waals surface area contributed by atoms with Crippen molar-refractivity contribution in [2.75, 3.05) is 5.73 Å². The van der Waals surface area contributed by atoms with E-state index in [0.717, 1.165) is 11.1 Å². The molecule has 100 valence electrons. The predicted molar refractivity (Wildman–Crippen MR) is 71.0 cm³/mol. The van der Waals surface area contributed by atoms with E-state index in [4.69, 9.17) is 10.5 Å². The second kappa shape index (κ2) is 5.26. The van der Waals surface area contributed by atoms with Crippen LogP contribution in [-0.4, -0.2) is 0 Å². The molecule has 0 radical (unpaired) electrons. The quantitative estimate of drug-likeness (QED) is 0.856. The van der Waals surface area contributed by atoms with Crippen molar-refractivity contribution in [3.8, 4) is 5.75 Å². The Morgan fingerprint density at radius 1 is 1.05 bits per heavy atom. The molecule has 19 heavy (non-hydrogen) atoms. The van der Waals surface area contributed by atoms with Crippen LogP contribution in [0.15, 0.2) is 30.3 Å². The highest BCUT2D eigenvalue weighted by Crippen LogP contribution is 2.25. The van der Waals surface area contributed by atoms with Gasteiger partial charge in [0, 0.05) is 11.8 Å². The number of rotatable bonds is 3. The van der Waals surface area contributed by atoms with Gasteiger partial charge in [0.25, 0.3) is 0 Å². The number of hydrogen-bond acceptors (Lipinski definition) is 2. The molecular formula is C15H15F2NO. The summed E-state index contributed by atoms with van der Waals surface area (Å²) in [6.45, 7) is 3.59. The lowest BCUT2D eigenvalue weighted by atomic mass is 10.1. The summed E-state index contributed by atoms with van der Waals surface area (Å²) >= 11 is 0. The molecule has 2 rings (SSSR count). The zero-order valence-corrected chi connectivity index (χ0v) is 10.8. The summed E-state index contributed by atoms with van der Waals surface area (Å²) in [7, 11) is 0. The molecule has 0 saturated carbocycles. The number of nitrogens with two attached hydrogens (primary N) is 1. The average Bonchev–Trinajstić information content (AvgIpc) is 2.34. The van der Waals surface area contributed by atoms with Gasteiger partial charge in [0.1, 0.15) is 24.0 Å². The number of halogens is 2. The first-order valence-electron chi connectivity index (χ1n) is 5.91. The molecule has 0 atom stereocenters. The van der Waals surface area contributed by atoms with E-state index >= 15 is 0 Å². The van der Waals surface area contributed by atoms with Crippen LogP contribution in [0.2, 0.25) is 0 Å². The number of hydrogen-bond donors (Lipinski definition) is 1. The van der Waals surface area contributed by atoms with Crippen LogP contribution in [0.1, 0.15) is 16.7 Å². The molecule has 0 aromatic heterocycles. The monoisotopic (exact) mass is 263 g/mol. The minimum Gasteiger partial charge on any atom is -0.488 e. The van der Waals surface area contributed by atoms with Crippen LogP contribution >= 0.6 is 0 Å². The Morgan fingerprint density at radius 2 is 1.68 bits per heavy atom. The first-order chi connectivity index (χ1) is 8.99. The SMILES string of the molecule is Cc1cc(C)c(OCc2c(F)cccc2F)cc1N. The summed E-state index contributed by atoms with van der Waals surface area (Å²) in [5.41, 5.74) is 8.12. The topological polar surface area (TPSA) is 35.2 Å². The molecule has 0 aliphatic carbocycles. The van der Waals surface area contributed by atoms with Crippen LogP contribution in [0, 0.1) is 25.5 Å². The molecule has 0 aliphatic rings. The van der Waals surface area contributed by atoms with Crippen LogP contribution in [0.3, 0.4) is 0 Å². The Bertz CT molecular complexity index is 591. The van der Waals surface area contributed by atoms with Crippen LogP contribution in [0.25, 0.3) is 0 Å². The molecule has 2 N–H and O–H groups in total. The van der Waals surface area contributed by atoms with Crippen molar-refractivity contribution in [1.29, 1.82) is 0 Å². The fraction of sp³-hybridized carbons (Fsp3) is 0.200. The fourth-order valence-electron chi connectivity index (χ4n) is 1.82. The molecule has 0 bridgehead atoms. The molecule has 2 aromatic rings. The molecule has 0 aliphatic heterocycles. The van der Waals surface area contributed by atoms with E-state index in [1.807, 2.05) is 19.9 Å². The highest BCUT2D eigenvalue weighted by atomic mass is 19.1. The number of nitrogen functional groups attached to an aromatic ring is 1. The van der Waals surface area contributed by atoms with E-state index in [2.05, 4.69) is 0 Å². The predicted octanol–water partition coefficient (Wildman–Crippen LogP) is 3.74. The van der Waals surface area contributed by atoms with E-state index in [0.29, 0.717) is 11.4 Å². The fourth-order valence-corrected chi connectivity index (χ4v) is 1.82. The van der Waals surface area contributed by atoms with Crippen molar-refractivity contribution >= 4 is 5.69 Å². The second-order valence-electron chi connectivity index (χ2n) is 4.46. The lowest BCUT2D eigenvalue weighted by Gasteiger charge is -2.12. The van der Waals surface area contributed by atoms with Gasteiger partial charge < -0.3 is 10.5 Å². The van der Waals surface area contributed by atoms with E-state index in [1.54, 1.807) is 6.07 Å². The van der Waals surface area contributed by atoms with E-state index in [-0.39, 0.29) is 12.2 Å². The van der Waals surface area contributed by atoms with Crippen molar-refractivity contribution < 1.29 is 13.5 Å². The molecule has 4 heteroatoms. The van der Waals surface area contributed by atoms with E-state index in [9.17, 15) is 8.78 Å². The molecule has 0 heterocycles. The Balaban J connectivity index is 2.22. The van der Waals surface area contributed by atoms with Gasteiger partial charge in [-0.15, -0.1) is 0 Å². The number of benzene rings is 2. The zero-order chi connectivity index (χ0) is 14.0. The molecule has 2 nitrogen and oxygen atoms in total. The molecular weight excluding hydrogens is 248 g/mol. The first-order valence-corrected chi connectivity index (χ1v) is 5.91. The van der Waals surface area contributed by atoms with Crippen molar-refractivity contribution in [1.82, 2.24) is 0 Å². The largest absolute Gasteiger partial charge is 0.488 e. The van der Waals surface area contributed by atoms with Gasteiger partial charge in [-0.25, -0.2) is 8.78 Å².